The highest BCUT2D eigenvalue weighted by atomic mass is 32.2. The van der Waals surface area contributed by atoms with Crippen molar-refractivity contribution < 1.29 is 17.9 Å². The lowest BCUT2D eigenvalue weighted by molar-refractivity contribution is 0.0925. The van der Waals surface area contributed by atoms with Gasteiger partial charge in [-0.05, 0) is 18.8 Å². The SMILES string of the molecule is O=S(=O)(CCOCC1CCCC1)N1CC2C3C=CC(O3)C2C1. The fourth-order valence-electron chi connectivity index (χ4n) is 4.44. The van der Waals surface area contributed by atoms with E-state index in [-0.39, 0.29) is 18.0 Å². The molecule has 0 aromatic carbocycles. The fourth-order valence-corrected chi connectivity index (χ4v) is 5.82. The zero-order valence-electron chi connectivity index (χ0n) is 12.9. The van der Waals surface area contributed by atoms with Crippen molar-refractivity contribution in [1.82, 2.24) is 4.31 Å². The van der Waals surface area contributed by atoms with E-state index in [1.807, 2.05) is 0 Å². The summed E-state index contributed by atoms with van der Waals surface area (Å²) in [6.45, 7) is 2.28. The van der Waals surface area contributed by atoms with Gasteiger partial charge in [0.05, 0.1) is 24.6 Å². The summed E-state index contributed by atoms with van der Waals surface area (Å²) in [6, 6.07) is 0. The summed E-state index contributed by atoms with van der Waals surface area (Å²) < 4.78 is 38.0. The van der Waals surface area contributed by atoms with Gasteiger partial charge in [0, 0.05) is 31.5 Å². The van der Waals surface area contributed by atoms with Crippen LogP contribution in [-0.4, -0.2) is 57.0 Å². The highest BCUT2D eigenvalue weighted by Crippen LogP contribution is 2.44. The molecule has 4 rings (SSSR count). The molecule has 124 valence electrons. The van der Waals surface area contributed by atoms with E-state index in [2.05, 4.69) is 12.2 Å². The van der Waals surface area contributed by atoms with Crippen molar-refractivity contribution in [3.05, 3.63) is 12.2 Å². The Balaban J connectivity index is 1.25. The van der Waals surface area contributed by atoms with Crippen molar-refractivity contribution in [2.45, 2.75) is 37.9 Å². The Bertz CT molecular complexity index is 520. The Morgan fingerprint density at radius 3 is 2.36 bits per heavy atom. The topological polar surface area (TPSA) is 55.8 Å². The molecule has 0 spiro atoms. The normalized spacial score (nSPS) is 38.2. The molecular weight excluding hydrogens is 302 g/mol. The van der Waals surface area contributed by atoms with E-state index in [4.69, 9.17) is 9.47 Å². The second kappa shape index (κ2) is 5.89. The van der Waals surface area contributed by atoms with Gasteiger partial charge in [0.2, 0.25) is 10.0 Å². The summed E-state index contributed by atoms with van der Waals surface area (Å²) in [5.74, 6) is 1.46. The average molecular weight is 327 g/mol. The van der Waals surface area contributed by atoms with Crippen LogP contribution in [0.5, 0.6) is 0 Å². The van der Waals surface area contributed by atoms with Crippen molar-refractivity contribution >= 4 is 10.0 Å². The molecule has 4 unspecified atom stereocenters. The van der Waals surface area contributed by atoms with Crippen LogP contribution in [0.15, 0.2) is 12.2 Å². The van der Waals surface area contributed by atoms with Gasteiger partial charge in [-0.15, -0.1) is 0 Å². The van der Waals surface area contributed by atoms with Gasteiger partial charge in [-0.2, -0.15) is 0 Å². The van der Waals surface area contributed by atoms with Gasteiger partial charge < -0.3 is 9.47 Å². The molecule has 3 fully saturated rings. The third kappa shape index (κ3) is 2.75. The quantitative estimate of drug-likeness (QED) is 0.547. The van der Waals surface area contributed by atoms with Crippen LogP contribution < -0.4 is 0 Å². The van der Waals surface area contributed by atoms with Gasteiger partial charge in [0.15, 0.2) is 0 Å². The molecule has 22 heavy (non-hydrogen) atoms. The molecule has 6 heteroatoms. The molecule has 4 aliphatic rings. The van der Waals surface area contributed by atoms with E-state index in [0.717, 1.165) is 6.61 Å². The second-order valence-corrected chi connectivity index (χ2v) is 9.22. The zero-order valence-corrected chi connectivity index (χ0v) is 13.7. The van der Waals surface area contributed by atoms with Gasteiger partial charge >= 0.3 is 0 Å². The van der Waals surface area contributed by atoms with E-state index in [1.54, 1.807) is 4.31 Å². The van der Waals surface area contributed by atoms with Crippen LogP contribution in [0.2, 0.25) is 0 Å². The Kier molecular flexibility index (Phi) is 4.05. The largest absolute Gasteiger partial charge is 0.380 e. The van der Waals surface area contributed by atoms with Crippen molar-refractivity contribution in [3.8, 4) is 0 Å². The maximum Gasteiger partial charge on any atom is 0.216 e. The van der Waals surface area contributed by atoms with Gasteiger partial charge in [0.25, 0.3) is 0 Å². The van der Waals surface area contributed by atoms with Crippen LogP contribution in [0.3, 0.4) is 0 Å². The van der Waals surface area contributed by atoms with Crippen molar-refractivity contribution in [3.63, 3.8) is 0 Å². The first-order chi connectivity index (χ1) is 10.6. The van der Waals surface area contributed by atoms with Crippen LogP contribution in [0, 0.1) is 17.8 Å². The number of hydrogen-bond acceptors (Lipinski definition) is 4. The molecule has 3 aliphatic heterocycles. The zero-order chi connectivity index (χ0) is 15.2. The summed E-state index contributed by atoms with van der Waals surface area (Å²) in [5.41, 5.74) is 0. The molecule has 0 amide bonds. The Morgan fingerprint density at radius 1 is 1.09 bits per heavy atom. The molecule has 3 heterocycles. The van der Waals surface area contributed by atoms with Crippen molar-refractivity contribution in [2.24, 2.45) is 17.8 Å². The Hall–Kier alpha value is -0.430. The standard InChI is InChI=1S/C16H25NO4S/c18-22(19,8-7-20-11-12-3-1-2-4-12)17-9-13-14(10-17)16-6-5-15(13)21-16/h5-6,12-16H,1-4,7-11H2. The summed E-state index contributed by atoms with van der Waals surface area (Å²) in [7, 11) is -3.19. The monoisotopic (exact) mass is 327 g/mol. The number of rotatable bonds is 6. The van der Waals surface area contributed by atoms with Crippen molar-refractivity contribution in [1.29, 1.82) is 0 Å². The van der Waals surface area contributed by atoms with Gasteiger partial charge in [-0.25, -0.2) is 12.7 Å². The lowest BCUT2D eigenvalue weighted by Crippen LogP contribution is -2.34. The molecule has 4 atom stereocenters. The molecule has 2 saturated heterocycles. The van der Waals surface area contributed by atoms with Gasteiger partial charge in [0.1, 0.15) is 0 Å². The minimum atomic E-state index is -3.19. The van der Waals surface area contributed by atoms with E-state index in [1.165, 1.54) is 25.7 Å². The molecule has 5 nitrogen and oxygen atoms in total. The predicted molar refractivity (Wildman–Crippen MR) is 82.9 cm³/mol. The first kappa shape index (κ1) is 15.1. The highest BCUT2D eigenvalue weighted by molar-refractivity contribution is 7.89. The van der Waals surface area contributed by atoms with Gasteiger partial charge in [-0.1, -0.05) is 25.0 Å². The maximum atomic E-state index is 12.5. The lowest BCUT2D eigenvalue weighted by Gasteiger charge is -2.19. The number of ether oxygens (including phenoxy) is 2. The minimum Gasteiger partial charge on any atom is -0.380 e. The van der Waals surface area contributed by atoms with Crippen LogP contribution in [0.4, 0.5) is 0 Å². The van der Waals surface area contributed by atoms with Crippen LogP contribution in [-0.2, 0) is 19.5 Å². The summed E-state index contributed by atoms with van der Waals surface area (Å²) in [4.78, 5) is 0. The fraction of sp³-hybridized carbons (Fsp3) is 0.875. The number of fused-ring (bicyclic) bond motifs is 5. The van der Waals surface area contributed by atoms with E-state index in [0.29, 0.717) is 37.5 Å². The molecule has 0 N–H and O–H groups in total. The predicted octanol–water partition coefficient (Wildman–Crippen LogP) is 1.41. The smallest absolute Gasteiger partial charge is 0.216 e. The van der Waals surface area contributed by atoms with Crippen molar-refractivity contribution in [2.75, 3.05) is 32.1 Å². The van der Waals surface area contributed by atoms with Crippen LogP contribution in [0.1, 0.15) is 25.7 Å². The summed E-state index contributed by atoms with van der Waals surface area (Å²) in [5, 5.41) is 0. The van der Waals surface area contributed by atoms with Gasteiger partial charge in [-0.3, -0.25) is 0 Å². The van der Waals surface area contributed by atoms with E-state index < -0.39 is 10.0 Å². The number of nitrogens with zero attached hydrogens (tertiary/aromatic N) is 1. The second-order valence-electron chi connectivity index (χ2n) is 7.14. The Labute approximate surface area is 132 Å². The summed E-state index contributed by atoms with van der Waals surface area (Å²) in [6.07, 6.45) is 9.50. The van der Waals surface area contributed by atoms with Crippen LogP contribution >= 0.6 is 0 Å². The first-order valence-electron chi connectivity index (χ1n) is 8.53. The Morgan fingerprint density at radius 2 is 1.73 bits per heavy atom. The third-order valence-electron chi connectivity index (χ3n) is 5.73. The number of sulfonamides is 1. The maximum absolute atomic E-state index is 12.5. The molecule has 0 aromatic rings. The van der Waals surface area contributed by atoms with E-state index >= 15 is 0 Å². The van der Waals surface area contributed by atoms with Crippen LogP contribution in [0.25, 0.3) is 0 Å². The molecule has 2 bridgehead atoms. The molecular formula is C16H25NO4S. The molecule has 0 aromatic heterocycles. The van der Waals surface area contributed by atoms with E-state index in [9.17, 15) is 8.42 Å². The average Bonchev–Trinajstić information content (AvgIpc) is 3.25. The number of hydrogen-bond donors (Lipinski definition) is 0. The lowest BCUT2D eigenvalue weighted by atomic mass is 9.86. The molecule has 1 saturated carbocycles. The highest BCUT2D eigenvalue weighted by Gasteiger charge is 2.52. The molecule has 1 aliphatic carbocycles. The first-order valence-corrected chi connectivity index (χ1v) is 10.1. The third-order valence-corrected chi connectivity index (χ3v) is 7.50. The summed E-state index contributed by atoms with van der Waals surface area (Å²) >= 11 is 0. The minimum absolute atomic E-state index is 0.114. The molecule has 0 radical (unpaired) electrons.